The molecule has 0 saturated carbocycles. The fraction of sp³-hybridized carbons (Fsp3) is 0.250. The maximum Gasteiger partial charge on any atom is 0.120 e. The Labute approximate surface area is 122 Å². The lowest BCUT2D eigenvalue weighted by Crippen LogP contribution is -2.06. The number of halogens is 1. The number of hydrogen-bond donors (Lipinski definition) is 1. The highest BCUT2D eigenvalue weighted by molar-refractivity contribution is 9.10. The fourth-order valence-corrected chi connectivity index (χ4v) is 2.04. The lowest BCUT2D eigenvalue weighted by atomic mass is 10.2. The van der Waals surface area contributed by atoms with Crippen LogP contribution in [0.5, 0.6) is 5.75 Å². The van der Waals surface area contributed by atoms with E-state index in [9.17, 15) is 0 Å². The lowest BCUT2D eigenvalue weighted by Gasteiger charge is -2.11. The smallest absolute Gasteiger partial charge is 0.120 e. The van der Waals surface area contributed by atoms with E-state index >= 15 is 0 Å². The van der Waals surface area contributed by atoms with Gasteiger partial charge in [-0.3, -0.25) is 0 Å². The second kappa shape index (κ2) is 6.62. The summed E-state index contributed by atoms with van der Waals surface area (Å²) in [5, 5.41) is 3.39. The third-order valence-electron chi connectivity index (χ3n) is 2.61. The summed E-state index contributed by atoms with van der Waals surface area (Å²) in [5.41, 5.74) is 2.32. The minimum Gasteiger partial charge on any atom is -0.491 e. The Kier molecular flexibility index (Phi) is 4.86. The van der Waals surface area contributed by atoms with Crippen LogP contribution in [0.3, 0.4) is 0 Å². The highest BCUT2D eigenvalue weighted by Crippen LogP contribution is 2.18. The summed E-state index contributed by atoms with van der Waals surface area (Å²) in [6.07, 6.45) is 0.203. The summed E-state index contributed by atoms with van der Waals surface area (Å²) < 4.78 is 6.78. The first-order chi connectivity index (χ1) is 9.13. The predicted molar refractivity (Wildman–Crippen MR) is 83.7 cm³/mol. The van der Waals surface area contributed by atoms with Crippen molar-refractivity contribution in [3.8, 4) is 5.75 Å². The molecule has 0 aliphatic heterocycles. The normalized spacial score (nSPS) is 10.5. The number of nitrogens with one attached hydrogen (secondary N) is 1. The topological polar surface area (TPSA) is 21.3 Å². The Bertz CT molecular complexity index is 523. The predicted octanol–water partition coefficient (Wildman–Crippen LogP) is 4.85. The number of hydrogen-bond acceptors (Lipinski definition) is 2. The van der Waals surface area contributed by atoms with E-state index < -0.39 is 0 Å². The van der Waals surface area contributed by atoms with Crippen LogP contribution >= 0.6 is 15.9 Å². The molecule has 19 heavy (non-hydrogen) atoms. The van der Waals surface area contributed by atoms with Gasteiger partial charge in [-0.2, -0.15) is 0 Å². The molecule has 100 valence electrons. The zero-order chi connectivity index (χ0) is 13.7. The van der Waals surface area contributed by atoms with Gasteiger partial charge in [0.25, 0.3) is 0 Å². The van der Waals surface area contributed by atoms with E-state index in [0.717, 1.165) is 22.5 Å². The van der Waals surface area contributed by atoms with Crippen molar-refractivity contribution in [2.75, 3.05) is 5.32 Å². The van der Waals surface area contributed by atoms with Crippen LogP contribution in [-0.4, -0.2) is 6.10 Å². The van der Waals surface area contributed by atoms with E-state index in [1.54, 1.807) is 0 Å². The molecule has 0 radical (unpaired) electrons. The standard InChI is InChI=1S/C16H18BrNO/c1-12(2)19-16-5-3-4-13(10-16)11-18-15-8-6-14(17)7-9-15/h3-10,12,18H,11H2,1-2H3. The van der Waals surface area contributed by atoms with E-state index in [4.69, 9.17) is 4.74 Å². The summed E-state index contributed by atoms with van der Waals surface area (Å²) in [4.78, 5) is 0. The van der Waals surface area contributed by atoms with Crippen molar-refractivity contribution >= 4 is 21.6 Å². The second-order valence-corrected chi connectivity index (χ2v) is 5.59. The molecule has 2 aromatic rings. The molecule has 0 fully saturated rings. The zero-order valence-corrected chi connectivity index (χ0v) is 12.8. The van der Waals surface area contributed by atoms with E-state index in [0.29, 0.717) is 0 Å². The van der Waals surface area contributed by atoms with Gasteiger partial charge in [-0.15, -0.1) is 0 Å². The first-order valence-corrected chi connectivity index (χ1v) is 7.18. The van der Waals surface area contributed by atoms with Gasteiger partial charge in [0.1, 0.15) is 5.75 Å². The molecule has 2 aromatic carbocycles. The molecule has 0 aromatic heterocycles. The molecule has 2 rings (SSSR count). The molecular formula is C16H18BrNO. The van der Waals surface area contributed by atoms with Crippen molar-refractivity contribution in [2.45, 2.75) is 26.5 Å². The van der Waals surface area contributed by atoms with Crippen LogP contribution in [0.1, 0.15) is 19.4 Å². The third kappa shape index (κ3) is 4.60. The van der Waals surface area contributed by atoms with Crippen LogP contribution in [0.15, 0.2) is 53.0 Å². The van der Waals surface area contributed by atoms with Crippen molar-refractivity contribution in [1.29, 1.82) is 0 Å². The summed E-state index contributed by atoms with van der Waals surface area (Å²) in [6, 6.07) is 16.3. The summed E-state index contributed by atoms with van der Waals surface area (Å²) in [5.74, 6) is 0.921. The average Bonchev–Trinajstić information content (AvgIpc) is 2.38. The summed E-state index contributed by atoms with van der Waals surface area (Å²) in [7, 11) is 0. The van der Waals surface area contributed by atoms with Crippen LogP contribution in [0.4, 0.5) is 5.69 Å². The van der Waals surface area contributed by atoms with Crippen molar-refractivity contribution in [2.24, 2.45) is 0 Å². The molecule has 0 bridgehead atoms. The van der Waals surface area contributed by atoms with Crippen molar-refractivity contribution < 1.29 is 4.74 Å². The third-order valence-corrected chi connectivity index (χ3v) is 3.14. The number of rotatable bonds is 5. The van der Waals surface area contributed by atoms with Crippen molar-refractivity contribution in [3.05, 3.63) is 58.6 Å². The molecule has 2 nitrogen and oxygen atoms in total. The first-order valence-electron chi connectivity index (χ1n) is 6.38. The molecule has 3 heteroatoms. The zero-order valence-electron chi connectivity index (χ0n) is 11.2. The van der Waals surface area contributed by atoms with Gasteiger partial charge in [0.05, 0.1) is 6.10 Å². The van der Waals surface area contributed by atoms with Gasteiger partial charge in [0, 0.05) is 16.7 Å². The van der Waals surface area contributed by atoms with Crippen molar-refractivity contribution in [3.63, 3.8) is 0 Å². The summed E-state index contributed by atoms with van der Waals surface area (Å²) >= 11 is 3.43. The molecule has 1 N–H and O–H groups in total. The quantitative estimate of drug-likeness (QED) is 0.850. The summed E-state index contributed by atoms with van der Waals surface area (Å²) in [6.45, 7) is 4.86. The van der Waals surface area contributed by atoms with Crippen LogP contribution < -0.4 is 10.1 Å². The van der Waals surface area contributed by atoms with E-state index in [1.165, 1.54) is 5.56 Å². The SMILES string of the molecule is CC(C)Oc1cccc(CNc2ccc(Br)cc2)c1. The Hall–Kier alpha value is -1.48. The highest BCUT2D eigenvalue weighted by atomic mass is 79.9. The van der Waals surface area contributed by atoms with Gasteiger partial charge in [-0.25, -0.2) is 0 Å². The largest absolute Gasteiger partial charge is 0.491 e. The first kappa shape index (κ1) is 13.9. The van der Waals surface area contributed by atoms with E-state index in [1.807, 2.05) is 38.1 Å². The van der Waals surface area contributed by atoms with Gasteiger partial charge >= 0.3 is 0 Å². The van der Waals surface area contributed by atoms with E-state index in [-0.39, 0.29) is 6.10 Å². The molecule has 0 atom stereocenters. The highest BCUT2D eigenvalue weighted by Gasteiger charge is 2.00. The van der Waals surface area contributed by atoms with Crippen molar-refractivity contribution in [1.82, 2.24) is 0 Å². The van der Waals surface area contributed by atoms with Gasteiger partial charge in [0.15, 0.2) is 0 Å². The van der Waals surface area contributed by atoms with Gasteiger partial charge in [-0.05, 0) is 55.8 Å². The molecule has 0 aliphatic rings. The maximum atomic E-state index is 5.69. The van der Waals surface area contributed by atoms with Crippen LogP contribution in [0, 0.1) is 0 Å². The average molecular weight is 320 g/mol. The second-order valence-electron chi connectivity index (χ2n) is 4.67. The molecule has 0 amide bonds. The minimum absolute atomic E-state index is 0.203. The number of ether oxygens (including phenoxy) is 1. The van der Waals surface area contributed by atoms with Crippen LogP contribution in [0.2, 0.25) is 0 Å². The number of benzene rings is 2. The van der Waals surface area contributed by atoms with Gasteiger partial charge in [-0.1, -0.05) is 28.1 Å². The van der Waals surface area contributed by atoms with Gasteiger partial charge in [0.2, 0.25) is 0 Å². The van der Waals surface area contributed by atoms with Crippen LogP contribution in [0.25, 0.3) is 0 Å². The maximum absolute atomic E-state index is 5.69. The number of anilines is 1. The molecule has 0 spiro atoms. The monoisotopic (exact) mass is 319 g/mol. The Morgan fingerprint density at radius 3 is 2.53 bits per heavy atom. The van der Waals surface area contributed by atoms with Gasteiger partial charge < -0.3 is 10.1 Å². The lowest BCUT2D eigenvalue weighted by molar-refractivity contribution is 0.242. The Balaban J connectivity index is 1.97. The molecule has 0 aliphatic carbocycles. The Morgan fingerprint density at radius 2 is 1.84 bits per heavy atom. The molecule has 0 heterocycles. The van der Waals surface area contributed by atoms with Crippen LogP contribution in [-0.2, 0) is 6.54 Å². The molecule has 0 unspecified atom stereocenters. The fourth-order valence-electron chi connectivity index (χ4n) is 1.77. The Morgan fingerprint density at radius 1 is 1.11 bits per heavy atom. The molecule has 0 saturated heterocycles. The van der Waals surface area contributed by atoms with E-state index in [2.05, 4.69) is 45.5 Å². The minimum atomic E-state index is 0.203. The molecular weight excluding hydrogens is 302 g/mol.